The van der Waals surface area contributed by atoms with Crippen LogP contribution in [0.2, 0.25) is 0 Å². The van der Waals surface area contributed by atoms with E-state index in [0.717, 1.165) is 19.4 Å². The molecule has 0 aromatic heterocycles. The molecular weight excluding hydrogens is 502 g/mol. The van der Waals surface area contributed by atoms with Gasteiger partial charge in [0, 0.05) is 12.6 Å². The highest BCUT2D eigenvalue weighted by atomic mass is 19.4. The molecule has 0 aromatic rings. The summed E-state index contributed by atoms with van der Waals surface area (Å²) >= 11 is 0. The zero-order chi connectivity index (χ0) is 27.6. The summed E-state index contributed by atoms with van der Waals surface area (Å²) in [5.41, 5.74) is 0.578. The number of carboxylic acids is 2. The summed E-state index contributed by atoms with van der Waals surface area (Å²) in [5.74, 6) is -5.41. The Hall–Kier alpha value is -2.60. The number of halogens is 6. The molecule has 1 aliphatic carbocycles. The van der Waals surface area contributed by atoms with Gasteiger partial charge in [-0.3, -0.25) is 4.79 Å². The molecule has 36 heavy (non-hydrogen) atoms. The number of hydrogen-bond donors (Lipinski definition) is 4. The minimum Gasteiger partial charge on any atom is -0.475 e. The van der Waals surface area contributed by atoms with Crippen LogP contribution in [0, 0.1) is 16.7 Å². The van der Waals surface area contributed by atoms with Crippen LogP contribution < -0.4 is 10.6 Å². The van der Waals surface area contributed by atoms with E-state index < -0.39 is 24.3 Å². The maximum absolute atomic E-state index is 12.3. The number of carbonyl (C=O) groups is 3. The van der Waals surface area contributed by atoms with Gasteiger partial charge in [0.05, 0.1) is 12.6 Å². The van der Waals surface area contributed by atoms with Crippen LogP contribution in [0.25, 0.3) is 0 Å². The SMILES string of the molecule is N#C[C@@H]1CCCN1C(=O)CNC1CCC2(CCNCC2)CC1.O=C(O)C(F)(F)F.O=C(O)C(F)(F)F. The molecule has 1 spiro atoms. The lowest BCUT2D eigenvalue weighted by Gasteiger charge is -2.43. The van der Waals surface area contributed by atoms with Gasteiger partial charge in [-0.15, -0.1) is 0 Å². The Kier molecular flexibility index (Phi) is 11.9. The Labute approximate surface area is 203 Å². The summed E-state index contributed by atoms with van der Waals surface area (Å²) in [6, 6.07) is 2.53. The normalized spacial score (nSPS) is 21.9. The van der Waals surface area contributed by atoms with Gasteiger partial charge in [0.2, 0.25) is 5.91 Å². The van der Waals surface area contributed by atoms with Crippen molar-refractivity contribution in [3.8, 4) is 6.07 Å². The number of carboxylic acid groups (broad SMARTS) is 2. The maximum atomic E-state index is 12.3. The van der Waals surface area contributed by atoms with Crippen LogP contribution >= 0.6 is 0 Å². The van der Waals surface area contributed by atoms with E-state index in [0.29, 0.717) is 18.0 Å². The fourth-order valence-corrected chi connectivity index (χ4v) is 4.42. The van der Waals surface area contributed by atoms with Crippen LogP contribution in [0.15, 0.2) is 0 Å². The van der Waals surface area contributed by atoms with Gasteiger partial charge in [0.15, 0.2) is 0 Å². The van der Waals surface area contributed by atoms with Crippen LogP contribution in [0.3, 0.4) is 0 Å². The van der Waals surface area contributed by atoms with Crippen LogP contribution in [-0.4, -0.2) is 83.6 Å². The standard InChI is InChI=1S/C17H28N4O.2C2HF3O2/c18-12-15-2-1-11-21(15)16(22)13-20-14-3-5-17(6-4-14)7-9-19-10-8-17;2*3-2(4,5)1(6)7/h14-15,19-20H,1-11,13H2;2*(H,6,7)/t15-;;/m0../s1. The molecule has 0 radical (unpaired) electrons. The van der Waals surface area contributed by atoms with E-state index in [4.69, 9.17) is 25.1 Å². The van der Waals surface area contributed by atoms with Gasteiger partial charge >= 0.3 is 24.3 Å². The van der Waals surface area contributed by atoms with Gasteiger partial charge in [-0.1, -0.05) is 0 Å². The highest BCUT2D eigenvalue weighted by Gasteiger charge is 2.39. The molecule has 3 rings (SSSR count). The molecule has 2 heterocycles. The molecule has 2 aliphatic heterocycles. The number of alkyl halides is 6. The van der Waals surface area contributed by atoms with Crippen molar-refractivity contribution in [2.75, 3.05) is 26.2 Å². The van der Waals surface area contributed by atoms with Gasteiger partial charge in [-0.2, -0.15) is 31.6 Å². The van der Waals surface area contributed by atoms with Gasteiger partial charge in [-0.05, 0) is 69.9 Å². The van der Waals surface area contributed by atoms with Crippen LogP contribution in [0.5, 0.6) is 0 Å². The predicted octanol–water partition coefficient (Wildman–Crippen LogP) is 2.67. The molecule has 206 valence electrons. The molecule has 1 atom stereocenters. The number of hydrogen-bond acceptors (Lipinski definition) is 6. The largest absolute Gasteiger partial charge is 0.490 e. The first-order valence-corrected chi connectivity index (χ1v) is 11.3. The van der Waals surface area contributed by atoms with E-state index >= 15 is 0 Å². The predicted molar refractivity (Wildman–Crippen MR) is 113 cm³/mol. The monoisotopic (exact) mass is 532 g/mol. The fourth-order valence-electron chi connectivity index (χ4n) is 4.42. The molecule has 0 aromatic carbocycles. The molecule has 0 unspecified atom stereocenters. The van der Waals surface area contributed by atoms with E-state index in [1.165, 1.54) is 51.6 Å². The summed E-state index contributed by atoms with van der Waals surface area (Å²) < 4.78 is 63.5. The van der Waals surface area contributed by atoms with E-state index in [9.17, 15) is 31.1 Å². The Morgan fingerprint density at radius 3 is 1.83 bits per heavy atom. The van der Waals surface area contributed by atoms with Crippen molar-refractivity contribution in [1.29, 1.82) is 5.26 Å². The van der Waals surface area contributed by atoms with Gasteiger partial charge < -0.3 is 25.7 Å². The van der Waals surface area contributed by atoms with Crippen molar-refractivity contribution < 1.29 is 50.9 Å². The minimum atomic E-state index is -5.08. The zero-order valence-electron chi connectivity index (χ0n) is 19.4. The molecule has 2 saturated heterocycles. The maximum Gasteiger partial charge on any atom is 0.490 e. The lowest BCUT2D eigenvalue weighted by atomic mass is 9.67. The molecule has 1 saturated carbocycles. The number of aliphatic carboxylic acids is 2. The topological polar surface area (TPSA) is 143 Å². The molecule has 4 N–H and O–H groups in total. The number of likely N-dealkylation sites (tertiary alicyclic amines) is 1. The Morgan fingerprint density at radius 1 is 0.944 bits per heavy atom. The molecule has 0 bridgehead atoms. The molecule has 3 fully saturated rings. The van der Waals surface area contributed by atoms with Crippen LogP contribution in [-0.2, 0) is 14.4 Å². The Balaban J connectivity index is 0.000000383. The first kappa shape index (κ1) is 31.4. The van der Waals surface area contributed by atoms with Gasteiger partial charge in [0.25, 0.3) is 0 Å². The lowest BCUT2D eigenvalue weighted by Crippen LogP contribution is -2.46. The number of nitrogens with one attached hydrogen (secondary N) is 2. The number of amides is 1. The fraction of sp³-hybridized carbons (Fsp3) is 0.810. The third kappa shape index (κ3) is 10.6. The number of carbonyl (C=O) groups excluding carboxylic acids is 1. The van der Waals surface area contributed by atoms with Crippen LogP contribution in [0.1, 0.15) is 51.4 Å². The third-order valence-electron chi connectivity index (χ3n) is 6.46. The molecule has 9 nitrogen and oxygen atoms in total. The second-order valence-electron chi connectivity index (χ2n) is 8.89. The molecule has 3 aliphatic rings. The van der Waals surface area contributed by atoms with E-state index in [-0.39, 0.29) is 11.9 Å². The molecular formula is C21H30F6N4O5. The number of piperidine rings is 1. The summed E-state index contributed by atoms with van der Waals surface area (Å²) in [4.78, 5) is 31.8. The van der Waals surface area contributed by atoms with Crippen molar-refractivity contribution in [2.24, 2.45) is 5.41 Å². The van der Waals surface area contributed by atoms with E-state index in [1.807, 2.05) is 0 Å². The first-order valence-electron chi connectivity index (χ1n) is 11.3. The third-order valence-corrected chi connectivity index (χ3v) is 6.46. The Morgan fingerprint density at radius 2 is 1.42 bits per heavy atom. The van der Waals surface area contributed by atoms with Gasteiger partial charge in [0.1, 0.15) is 6.04 Å². The van der Waals surface area contributed by atoms with Crippen molar-refractivity contribution in [3.05, 3.63) is 0 Å². The zero-order valence-corrected chi connectivity index (χ0v) is 19.4. The van der Waals surface area contributed by atoms with Crippen molar-refractivity contribution in [3.63, 3.8) is 0 Å². The van der Waals surface area contributed by atoms with Gasteiger partial charge in [-0.25, -0.2) is 9.59 Å². The highest BCUT2D eigenvalue weighted by Crippen LogP contribution is 2.43. The average Bonchev–Trinajstić information content (AvgIpc) is 3.28. The van der Waals surface area contributed by atoms with Crippen LogP contribution in [0.4, 0.5) is 26.3 Å². The quantitative estimate of drug-likeness (QED) is 0.407. The van der Waals surface area contributed by atoms with Crippen molar-refractivity contribution in [1.82, 2.24) is 15.5 Å². The first-order chi connectivity index (χ1) is 16.6. The second-order valence-corrected chi connectivity index (χ2v) is 8.89. The highest BCUT2D eigenvalue weighted by molar-refractivity contribution is 5.79. The summed E-state index contributed by atoms with van der Waals surface area (Å²) in [6.45, 7) is 3.49. The average molecular weight is 532 g/mol. The molecule has 1 amide bonds. The summed E-state index contributed by atoms with van der Waals surface area (Å²) in [5, 5.41) is 30.2. The summed E-state index contributed by atoms with van der Waals surface area (Å²) in [6.07, 6.45) is -0.765. The van der Waals surface area contributed by atoms with E-state index in [2.05, 4.69) is 16.7 Å². The van der Waals surface area contributed by atoms with Crippen molar-refractivity contribution >= 4 is 17.8 Å². The Bertz CT molecular complexity index is 759. The smallest absolute Gasteiger partial charge is 0.475 e. The minimum absolute atomic E-state index is 0.103. The lowest BCUT2D eigenvalue weighted by molar-refractivity contribution is -0.193. The summed E-state index contributed by atoms with van der Waals surface area (Å²) in [7, 11) is 0. The second kappa shape index (κ2) is 13.6. The number of nitriles is 1. The van der Waals surface area contributed by atoms with E-state index in [1.54, 1.807) is 4.90 Å². The number of rotatable bonds is 3. The van der Waals surface area contributed by atoms with Crippen molar-refractivity contribution in [2.45, 2.75) is 75.8 Å². The molecule has 15 heteroatoms. The number of nitrogens with zero attached hydrogens (tertiary/aromatic N) is 2.